The Morgan fingerprint density at radius 3 is 2.11 bits per heavy atom. The first-order valence-corrected chi connectivity index (χ1v) is 12.5. The number of rotatable bonds is 7. The lowest BCUT2D eigenvalue weighted by Crippen LogP contribution is -2.46. The van der Waals surface area contributed by atoms with E-state index < -0.39 is 0 Å². The van der Waals surface area contributed by atoms with Gasteiger partial charge in [0.05, 0.1) is 19.0 Å². The van der Waals surface area contributed by atoms with E-state index in [4.69, 9.17) is 4.74 Å². The van der Waals surface area contributed by atoms with Crippen molar-refractivity contribution in [3.8, 4) is 5.75 Å². The molecule has 0 aliphatic carbocycles. The van der Waals surface area contributed by atoms with Crippen LogP contribution in [-0.2, 0) is 13.0 Å². The number of nitrogens with one attached hydrogen (secondary N) is 1. The highest BCUT2D eigenvalue weighted by Crippen LogP contribution is 2.22. The summed E-state index contributed by atoms with van der Waals surface area (Å²) in [5.41, 5.74) is 6.95. The number of benzene rings is 2. The van der Waals surface area contributed by atoms with Crippen LogP contribution in [0.1, 0.15) is 34.2 Å². The minimum atomic E-state index is -0.135. The monoisotopic (exact) mass is 483 g/mol. The van der Waals surface area contributed by atoms with E-state index in [-0.39, 0.29) is 5.91 Å². The number of anilines is 2. The van der Waals surface area contributed by atoms with Crippen molar-refractivity contribution in [3.63, 3.8) is 0 Å². The highest BCUT2D eigenvalue weighted by molar-refractivity contribution is 5.94. The molecule has 7 heteroatoms. The van der Waals surface area contributed by atoms with Crippen LogP contribution >= 0.6 is 0 Å². The zero-order valence-electron chi connectivity index (χ0n) is 21.2. The Hall–Kier alpha value is -4.00. The lowest BCUT2D eigenvalue weighted by Gasteiger charge is -2.37. The van der Waals surface area contributed by atoms with E-state index in [0.29, 0.717) is 24.4 Å². The minimum absolute atomic E-state index is 0.135. The second-order valence-corrected chi connectivity index (χ2v) is 9.22. The molecule has 1 amide bonds. The predicted molar refractivity (Wildman–Crippen MR) is 144 cm³/mol. The molecule has 4 aromatic rings. The van der Waals surface area contributed by atoms with Crippen molar-refractivity contribution < 1.29 is 9.53 Å². The Labute approximate surface area is 212 Å². The fourth-order valence-electron chi connectivity index (χ4n) is 4.75. The van der Waals surface area contributed by atoms with Gasteiger partial charge in [-0.1, -0.05) is 36.8 Å². The zero-order valence-corrected chi connectivity index (χ0v) is 21.2. The maximum absolute atomic E-state index is 13.1. The molecular formula is C29H33N5O2. The maximum Gasteiger partial charge on any atom is 0.270 e. The lowest BCUT2D eigenvalue weighted by atomic mass is 10.1. The quantitative estimate of drug-likeness (QED) is 0.420. The SMILES string of the molecule is CCc1nc2ccc(OC)cn2c1C(=O)NCc1ccc(N2CCN(c3ccc(C)cc3)CC2)cc1. The molecule has 3 heterocycles. The number of piperazine rings is 1. The third-order valence-electron chi connectivity index (χ3n) is 6.88. The number of carbonyl (C=O) groups is 1. The molecule has 1 aliphatic rings. The van der Waals surface area contributed by atoms with E-state index in [1.54, 1.807) is 7.11 Å². The molecule has 186 valence electrons. The van der Waals surface area contributed by atoms with E-state index in [0.717, 1.165) is 43.1 Å². The summed E-state index contributed by atoms with van der Waals surface area (Å²) in [5.74, 6) is 0.552. The second-order valence-electron chi connectivity index (χ2n) is 9.22. The first-order chi connectivity index (χ1) is 17.6. The van der Waals surface area contributed by atoms with Crippen LogP contribution in [0.25, 0.3) is 5.65 Å². The van der Waals surface area contributed by atoms with E-state index >= 15 is 0 Å². The molecule has 2 aromatic heterocycles. The smallest absolute Gasteiger partial charge is 0.270 e. The molecule has 0 bridgehead atoms. The Morgan fingerprint density at radius 2 is 1.53 bits per heavy atom. The summed E-state index contributed by atoms with van der Waals surface area (Å²) >= 11 is 0. The summed E-state index contributed by atoms with van der Waals surface area (Å²) in [7, 11) is 1.62. The average Bonchev–Trinajstić information content (AvgIpc) is 3.30. The Kier molecular flexibility index (Phi) is 6.80. The molecule has 0 radical (unpaired) electrons. The fourth-order valence-corrected chi connectivity index (χ4v) is 4.75. The van der Waals surface area contributed by atoms with Gasteiger partial charge >= 0.3 is 0 Å². The number of nitrogens with zero attached hydrogens (tertiary/aromatic N) is 4. The molecule has 1 saturated heterocycles. The standard InChI is InChI=1S/C29H33N5O2/c1-4-26-28(34-20-25(36-3)13-14-27(34)31-26)29(35)30-19-22-7-11-24(12-8-22)33-17-15-32(16-18-33)23-9-5-21(2)6-10-23/h5-14,20H,4,15-19H2,1-3H3,(H,30,35). The van der Waals surface area contributed by atoms with Gasteiger partial charge in [0.2, 0.25) is 0 Å². The number of fused-ring (bicyclic) bond motifs is 1. The van der Waals surface area contributed by atoms with Gasteiger partial charge in [-0.05, 0) is 55.3 Å². The van der Waals surface area contributed by atoms with Crippen LogP contribution < -0.4 is 19.9 Å². The van der Waals surface area contributed by atoms with Crippen LogP contribution in [0.3, 0.4) is 0 Å². The number of aromatic nitrogens is 2. The number of hydrogen-bond donors (Lipinski definition) is 1. The summed E-state index contributed by atoms with van der Waals surface area (Å²) in [4.78, 5) is 22.6. The molecule has 5 rings (SSSR count). The van der Waals surface area contributed by atoms with Crippen molar-refractivity contribution in [2.75, 3.05) is 43.1 Å². The van der Waals surface area contributed by atoms with Gasteiger partial charge in [-0.3, -0.25) is 9.20 Å². The molecule has 7 nitrogen and oxygen atoms in total. The van der Waals surface area contributed by atoms with Crippen LogP contribution in [0, 0.1) is 6.92 Å². The molecule has 0 saturated carbocycles. The van der Waals surface area contributed by atoms with Gasteiger partial charge in [-0.15, -0.1) is 0 Å². The number of aryl methyl sites for hydroxylation is 2. The Morgan fingerprint density at radius 1 is 0.917 bits per heavy atom. The van der Waals surface area contributed by atoms with Gasteiger partial charge in [0, 0.05) is 44.1 Å². The first-order valence-electron chi connectivity index (χ1n) is 12.5. The molecule has 1 aliphatic heterocycles. The normalized spacial score (nSPS) is 13.8. The van der Waals surface area contributed by atoms with Gasteiger partial charge in [0.25, 0.3) is 5.91 Å². The van der Waals surface area contributed by atoms with Crippen molar-refractivity contribution >= 4 is 22.9 Å². The summed E-state index contributed by atoms with van der Waals surface area (Å²) in [6, 6.07) is 21.0. The highest BCUT2D eigenvalue weighted by atomic mass is 16.5. The minimum Gasteiger partial charge on any atom is -0.495 e. The summed E-state index contributed by atoms with van der Waals surface area (Å²) in [6.45, 7) is 8.57. The van der Waals surface area contributed by atoms with Gasteiger partial charge in [0.1, 0.15) is 17.1 Å². The van der Waals surface area contributed by atoms with Crippen LogP contribution in [0.4, 0.5) is 11.4 Å². The van der Waals surface area contributed by atoms with Crippen LogP contribution in [0.2, 0.25) is 0 Å². The summed E-state index contributed by atoms with van der Waals surface area (Å²) in [6.07, 6.45) is 2.49. The van der Waals surface area contributed by atoms with Gasteiger partial charge in [-0.25, -0.2) is 4.98 Å². The van der Waals surface area contributed by atoms with E-state index in [9.17, 15) is 4.79 Å². The molecule has 1 fully saturated rings. The fraction of sp³-hybridized carbons (Fsp3) is 0.310. The average molecular weight is 484 g/mol. The number of amides is 1. The molecule has 0 atom stereocenters. The molecular weight excluding hydrogens is 450 g/mol. The van der Waals surface area contributed by atoms with Crippen LogP contribution in [0.15, 0.2) is 66.9 Å². The number of imidazole rings is 1. The van der Waals surface area contributed by atoms with Crippen molar-refractivity contribution in [3.05, 3.63) is 89.4 Å². The maximum atomic E-state index is 13.1. The van der Waals surface area contributed by atoms with Crippen molar-refractivity contribution in [1.82, 2.24) is 14.7 Å². The highest BCUT2D eigenvalue weighted by Gasteiger charge is 2.20. The van der Waals surface area contributed by atoms with Gasteiger partial charge in [0.15, 0.2) is 0 Å². The van der Waals surface area contributed by atoms with E-state index in [1.807, 2.05) is 29.7 Å². The first kappa shape index (κ1) is 23.7. The largest absolute Gasteiger partial charge is 0.495 e. The molecule has 36 heavy (non-hydrogen) atoms. The molecule has 0 unspecified atom stereocenters. The Balaban J connectivity index is 1.20. The van der Waals surface area contributed by atoms with Crippen molar-refractivity contribution in [2.45, 2.75) is 26.8 Å². The van der Waals surface area contributed by atoms with E-state index in [2.05, 4.69) is 75.6 Å². The van der Waals surface area contributed by atoms with Crippen molar-refractivity contribution in [2.24, 2.45) is 0 Å². The lowest BCUT2D eigenvalue weighted by molar-refractivity contribution is 0.0944. The zero-order chi connectivity index (χ0) is 25.1. The number of methoxy groups -OCH3 is 1. The predicted octanol–water partition coefficient (Wildman–Crippen LogP) is 4.47. The number of carbonyl (C=O) groups excluding carboxylic acids is 1. The number of pyridine rings is 1. The summed E-state index contributed by atoms with van der Waals surface area (Å²) < 4.78 is 7.15. The van der Waals surface area contributed by atoms with E-state index in [1.165, 1.54) is 16.9 Å². The topological polar surface area (TPSA) is 62.1 Å². The molecule has 1 N–H and O–H groups in total. The molecule has 2 aromatic carbocycles. The van der Waals surface area contributed by atoms with Gasteiger partial charge < -0.3 is 19.9 Å². The van der Waals surface area contributed by atoms with Crippen molar-refractivity contribution in [1.29, 1.82) is 0 Å². The molecule has 0 spiro atoms. The Bertz CT molecular complexity index is 1340. The third kappa shape index (κ3) is 4.87. The van der Waals surface area contributed by atoms with Crippen LogP contribution in [-0.4, -0.2) is 48.6 Å². The van der Waals surface area contributed by atoms with Gasteiger partial charge in [-0.2, -0.15) is 0 Å². The second kappa shape index (κ2) is 10.3. The number of ether oxygens (including phenoxy) is 1. The number of hydrogen-bond acceptors (Lipinski definition) is 5. The van der Waals surface area contributed by atoms with Crippen LogP contribution in [0.5, 0.6) is 5.75 Å². The summed E-state index contributed by atoms with van der Waals surface area (Å²) in [5, 5.41) is 3.07. The third-order valence-corrected chi connectivity index (χ3v) is 6.88.